The van der Waals surface area contributed by atoms with Crippen LogP contribution in [0.25, 0.3) is 11.1 Å². The van der Waals surface area contributed by atoms with Crippen molar-refractivity contribution >= 4 is 11.9 Å². The normalized spacial score (nSPS) is 14.5. The number of hydrazone groups is 1. The molecular weight excluding hydrogens is 346 g/mol. The number of ether oxygens (including phenoxy) is 1. The van der Waals surface area contributed by atoms with Gasteiger partial charge in [0.15, 0.2) is 0 Å². The SMILES string of the molecule is COc1ccccc1N1CCN(/N=C\c2ccc(-c3ccccc3)cc2)CC1. The largest absolute Gasteiger partial charge is 0.495 e. The third kappa shape index (κ3) is 4.17. The van der Waals surface area contributed by atoms with Crippen molar-refractivity contribution in [3.05, 3.63) is 84.4 Å². The number of hydrogen-bond acceptors (Lipinski definition) is 4. The van der Waals surface area contributed by atoms with E-state index in [1.807, 2.05) is 24.4 Å². The summed E-state index contributed by atoms with van der Waals surface area (Å²) in [5, 5.41) is 6.81. The van der Waals surface area contributed by atoms with Gasteiger partial charge in [-0.05, 0) is 28.8 Å². The summed E-state index contributed by atoms with van der Waals surface area (Å²) in [6.45, 7) is 3.67. The monoisotopic (exact) mass is 371 g/mol. The number of nitrogens with zero attached hydrogens (tertiary/aromatic N) is 3. The van der Waals surface area contributed by atoms with Gasteiger partial charge in [0.2, 0.25) is 0 Å². The van der Waals surface area contributed by atoms with Crippen molar-refractivity contribution in [2.45, 2.75) is 0 Å². The van der Waals surface area contributed by atoms with Crippen LogP contribution in [0, 0.1) is 0 Å². The van der Waals surface area contributed by atoms with Crippen molar-refractivity contribution < 1.29 is 4.74 Å². The van der Waals surface area contributed by atoms with E-state index >= 15 is 0 Å². The Morgan fingerprint density at radius 2 is 1.39 bits per heavy atom. The molecule has 142 valence electrons. The van der Waals surface area contributed by atoms with Crippen LogP contribution < -0.4 is 9.64 Å². The zero-order chi connectivity index (χ0) is 19.2. The molecule has 1 aliphatic rings. The van der Waals surface area contributed by atoms with Gasteiger partial charge in [-0.1, -0.05) is 66.7 Å². The van der Waals surface area contributed by atoms with Gasteiger partial charge in [0, 0.05) is 13.1 Å². The first-order valence-corrected chi connectivity index (χ1v) is 9.66. The minimum absolute atomic E-state index is 0.899. The van der Waals surface area contributed by atoms with Crippen molar-refractivity contribution in [1.29, 1.82) is 0 Å². The molecule has 1 heterocycles. The van der Waals surface area contributed by atoms with Crippen LogP contribution in [0.3, 0.4) is 0 Å². The molecule has 0 spiro atoms. The molecule has 1 fully saturated rings. The molecule has 0 aromatic heterocycles. The van der Waals surface area contributed by atoms with Gasteiger partial charge < -0.3 is 9.64 Å². The second-order valence-corrected chi connectivity index (χ2v) is 6.85. The number of rotatable bonds is 5. The third-order valence-electron chi connectivity index (χ3n) is 5.07. The predicted molar refractivity (Wildman–Crippen MR) is 116 cm³/mol. The maximum atomic E-state index is 5.49. The van der Waals surface area contributed by atoms with Gasteiger partial charge in [0.25, 0.3) is 0 Å². The fourth-order valence-corrected chi connectivity index (χ4v) is 3.48. The zero-order valence-electron chi connectivity index (χ0n) is 16.2. The van der Waals surface area contributed by atoms with E-state index in [1.54, 1.807) is 7.11 Å². The average Bonchev–Trinajstić information content (AvgIpc) is 2.79. The minimum Gasteiger partial charge on any atom is -0.495 e. The Labute approximate surface area is 166 Å². The summed E-state index contributed by atoms with van der Waals surface area (Å²) in [7, 11) is 1.72. The number of methoxy groups -OCH3 is 1. The fraction of sp³-hybridized carbons (Fsp3) is 0.208. The molecule has 1 aliphatic heterocycles. The Hall–Kier alpha value is -3.27. The van der Waals surface area contributed by atoms with Gasteiger partial charge in [-0.3, -0.25) is 5.01 Å². The van der Waals surface area contributed by atoms with Gasteiger partial charge in [0.1, 0.15) is 5.75 Å². The van der Waals surface area contributed by atoms with Crippen molar-refractivity contribution in [2.75, 3.05) is 38.2 Å². The first-order chi connectivity index (χ1) is 13.8. The maximum Gasteiger partial charge on any atom is 0.142 e. The van der Waals surface area contributed by atoms with Crippen LogP contribution in [0.1, 0.15) is 5.56 Å². The van der Waals surface area contributed by atoms with E-state index in [0.717, 1.165) is 43.2 Å². The zero-order valence-corrected chi connectivity index (χ0v) is 16.2. The molecule has 0 unspecified atom stereocenters. The summed E-state index contributed by atoms with van der Waals surface area (Å²) in [4.78, 5) is 2.36. The topological polar surface area (TPSA) is 28.1 Å². The Morgan fingerprint density at radius 1 is 0.750 bits per heavy atom. The molecule has 1 saturated heterocycles. The number of anilines is 1. The highest BCUT2D eigenvalue weighted by Gasteiger charge is 2.18. The van der Waals surface area contributed by atoms with Gasteiger partial charge in [-0.2, -0.15) is 5.10 Å². The van der Waals surface area contributed by atoms with Crippen LogP contribution in [-0.2, 0) is 0 Å². The highest BCUT2D eigenvalue weighted by atomic mass is 16.5. The first-order valence-electron chi connectivity index (χ1n) is 9.66. The van der Waals surface area contributed by atoms with Crippen molar-refractivity contribution in [2.24, 2.45) is 5.10 Å². The van der Waals surface area contributed by atoms with Crippen LogP contribution >= 0.6 is 0 Å². The number of hydrogen-bond donors (Lipinski definition) is 0. The predicted octanol–water partition coefficient (Wildman–Crippen LogP) is 4.52. The maximum absolute atomic E-state index is 5.49. The molecule has 0 aliphatic carbocycles. The molecule has 4 nitrogen and oxygen atoms in total. The standard InChI is InChI=1S/C24H25N3O/c1-28-24-10-6-5-9-23(24)26-15-17-27(18-16-26)25-19-20-11-13-22(14-12-20)21-7-3-2-4-8-21/h2-14,19H,15-18H2,1H3/b25-19-. The number of para-hydroxylation sites is 2. The van der Waals surface area contributed by atoms with Gasteiger partial charge in [-0.25, -0.2) is 0 Å². The third-order valence-corrected chi connectivity index (χ3v) is 5.07. The lowest BCUT2D eigenvalue weighted by molar-refractivity contribution is 0.271. The van der Waals surface area contributed by atoms with Crippen molar-refractivity contribution in [3.63, 3.8) is 0 Å². The Kier molecular flexibility index (Phi) is 5.57. The van der Waals surface area contributed by atoms with Crippen LogP contribution in [-0.4, -0.2) is 44.5 Å². The lowest BCUT2D eigenvalue weighted by atomic mass is 10.0. The van der Waals surface area contributed by atoms with E-state index in [2.05, 4.69) is 75.7 Å². The molecule has 0 radical (unpaired) electrons. The Balaban J connectivity index is 1.35. The van der Waals surface area contributed by atoms with E-state index in [9.17, 15) is 0 Å². The van der Waals surface area contributed by atoms with Crippen molar-refractivity contribution in [1.82, 2.24) is 5.01 Å². The molecular formula is C24H25N3O. The van der Waals surface area contributed by atoms with E-state index < -0.39 is 0 Å². The van der Waals surface area contributed by atoms with E-state index in [1.165, 1.54) is 11.1 Å². The van der Waals surface area contributed by atoms with E-state index in [-0.39, 0.29) is 0 Å². The number of benzene rings is 3. The van der Waals surface area contributed by atoms with Crippen LogP contribution in [0.2, 0.25) is 0 Å². The number of piperazine rings is 1. The van der Waals surface area contributed by atoms with Crippen molar-refractivity contribution in [3.8, 4) is 16.9 Å². The smallest absolute Gasteiger partial charge is 0.142 e. The first kappa shape index (κ1) is 18.1. The molecule has 3 aromatic rings. The summed E-state index contributed by atoms with van der Waals surface area (Å²) >= 11 is 0. The van der Waals surface area contributed by atoms with Gasteiger partial charge >= 0.3 is 0 Å². The molecule has 0 bridgehead atoms. The highest BCUT2D eigenvalue weighted by Crippen LogP contribution is 2.28. The summed E-state index contributed by atoms with van der Waals surface area (Å²) in [6.07, 6.45) is 1.95. The summed E-state index contributed by atoms with van der Waals surface area (Å²) in [5.41, 5.74) is 4.73. The molecule has 0 atom stereocenters. The van der Waals surface area contributed by atoms with Crippen LogP contribution in [0.15, 0.2) is 84.0 Å². The molecule has 4 heteroatoms. The van der Waals surface area contributed by atoms with Gasteiger partial charge in [-0.15, -0.1) is 0 Å². The van der Waals surface area contributed by atoms with E-state index in [0.29, 0.717) is 0 Å². The van der Waals surface area contributed by atoms with Gasteiger partial charge in [0.05, 0.1) is 32.1 Å². The Morgan fingerprint density at radius 3 is 2.11 bits per heavy atom. The summed E-state index contributed by atoms with van der Waals surface area (Å²) in [6, 6.07) is 27.2. The minimum atomic E-state index is 0.899. The molecule has 0 N–H and O–H groups in total. The molecule has 0 amide bonds. The molecule has 4 rings (SSSR count). The quantitative estimate of drug-likeness (QED) is 0.618. The molecule has 28 heavy (non-hydrogen) atoms. The summed E-state index contributed by atoms with van der Waals surface area (Å²) in [5.74, 6) is 0.929. The lowest BCUT2D eigenvalue weighted by Crippen LogP contribution is -2.44. The second-order valence-electron chi connectivity index (χ2n) is 6.85. The molecule has 0 saturated carbocycles. The second kappa shape index (κ2) is 8.61. The van der Waals surface area contributed by atoms with E-state index in [4.69, 9.17) is 4.74 Å². The highest BCUT2D eigenvalue weighted by molar-refractivity contribution is 5.80. The molecule has 3 aromatic carbocycles. The summed E-state index contributed by atoms with van der Waals surface area (Å²) < 4.78 is 5.49. The average molecular weight is 371 g/mol. The fourth-order valence-electron chi connectivity index (χ4n) is 3.48. The van der Waals surface area contributed by atoms with Crippen LogP contribution in [0.5, 0.6) is 5.75 Å². The van der Waals surface area contributed by atoms with Crippen LogP contribution in [0.4, 0.5) is 5.69 Å². The lowest BCUT2D eigenvalue weighted by Gasteiger charge is -2.35. The Bertz CT molecular complexity index is 914.